The molecule has 1 aliphatic heterocycles. The van der Waals surface area contributed by atoms with E-state index in [2.05, 4.69) is 17.3 Å². The van der Waals surface area contributed by atoms with E-state index in [1.165, 1.54) is 29.0 Å². The highest BCUT2D eigenvalue weighted by atomic mass is 19.2. The molecule has 0 radical (unpaired) electrons. The van der Waals surface area contributed by atoms with Gasteiger partial charge in [-0.2, -0.15) is 0 Å². The van der Waals surface area contributed by atoms with Crippen molar-refractivity contribution in [2.24, 2.45) is 5.73 Å². The van der Waals surface area contributed by atoms with Crippen molar-refractivity contribution in [1.29, 1.82) is 0 Å². The van der Waals surface area contributed by atoms with Gasteiger partial charge in [-0.1, -0.05) is 68.5 Å². The van der Waals surface area contributed by atoms with Crippen LogP contribution in [0.5, 0.6) is 0 Å². The number of benzene rings is 3. The Bertz CT molecular complexity index is 1660. The molecule has 8 nitrogen and oxygen atoms in total. The summed E-state index contributed by atoms with van der Waals surface area (Å²) in [6.07, 6.45) is 8.31. The first-order chi connectivity index (χ1) is 23.9. The lowest BCUT2D eigenvalue weighted by Gasteiger charge is -2.34. The molecule has 0 bridgehead atoms. The summed E-state index contributed by atoms with van der Waals surface area (Å²) in [7, 11) is 5.19. The number of amides is 3. The molecule has 1 fully saturated rings. The van der Waals surface area contributed by atoms with Gasteiger partial charge < -0.3 is 25.8 Å². The fourth-order valence-electron chi connectivity index (χ4n) is 6.69. The van der Waals surface area contributed by atoms with E-state index in [9.17, 15) is 23.2 Å². The van der Waals surface area contributed by atoms with Gasteiger partial charge in [0.2, 0.25) is 17.7 Å². The number of carbonyl (C=O) groups is 3. The summed E-state index contributed by atoms with van der Waals surface area (Å²) >= 11 is 0. The Morgan fingerprint density at radius 1 is 0.940 bits per heavy atom. The Kier molecular flexibility index (Phi) is 13.7. The molecule has 3 N–H and O–H groups in total. The fraction of sp³-hybridized carbons (Fsp3) is 0.475. The molecule has 1 saturated heterocycles. The first-order valence-electron chi connectivity index (χ1n) is 17.7. The lowest BCUT2D eigenvalue weighted by Crippen LogP contribution is -2.56. The van der Waals surface area contributed by atoms with Crippen LogP contribution in [0.4, 0.5) is 8.78 Å². The molecule has 3 aromatic rings. The number of nitrogens with zero attached hydrogens (tertiary/aromatic N) is 3. The maximum absolute atomic E-state index is 14.5. The molecule has 270 valence electrons. The third-order valence-electron chi connectivity index (χ3n) is 10.5. The number of halogens is 2. The summed E-state index contributed by atoms with van der Waals surface area (Å²) in [6, 6.07) is 15.7. The highest BCUT2D eigenvalue weighted by molar-refractivity contribution is 5.95. The average Bonchev–Trinajstić information content (AvgIpc) is 3.53. The van der Waals surface area contributed by atoms with Crippen molar-refractivity contribution in [3.05, 3.63) is 95.6 Å². The maximum Gasteiger partial charge on any atom is 0.246 e. The Balaban J connectivity index is 1.63. The van der Waals surface area contributed by atoms with Crippen molar-refractivity contribution in [2.75, 3.05) is 34.2 Å². The predicted molar refractivity (Wildman–Crippen MR) is 195 cm³/mol. The molecule has 0 aromatic heterocycles. The quantitative estimate of drug-likeness (QED) is 0.190. The number of nitrogens with two attached hydrogens (primary N) is 1. The van der Waals surface area contributed by atoms with Gasteiger partial charge in [-0.15, -0.1) is 0 Å². The molecule has 3 amide bonds. The summed E-state index contributed by atoms with van der Waals surface area (Å²) in [4.78, 5) is 47.0. The van der Waals surface area contributed by atoms with Gasteiger partial charge in [0.25, 0.3) is 0 Å². The molecule has 1 heterocycles. The van der Waals surface area contributed by atoms with Gasteiger partial charge in [0.05, 0.1) is 0 Å². The van der Waals surface area contributed by atoms with Crippen LogP contribution < -0.4 is 11.1 Å². The van der Waals surface area contributed by atoms with Crippen molar-refractivity contribution in [3.8, 4) is 0 Å². The summed E-state index contributed by atoms with van der Waals surface area (Å²) in [5.74, 6) is -3.24. The van der Waals surface area contributed by atoms with Gasteiger partial charge in [-0.25, -0.2) is 8.78 Å². The molecule has 10 heteroatoms. The van der Waals surface area contributed by atoms with Gasteiger partial charge in [0.15, 0.2) is 11.6 Å². The number of rotatable bonds is 16. The zero-order chi connectivity index (χ0) is 36.4. The predicted octanol–water partition coefficient (Wildman–Crippen LogP) is 5.62. The van der Waals surface area contributed by atoms with Gasteiger partial charge >= 0.3 is 0 Å². The van der Waals surface area contributed by atoms with Crippen molar-refractivity contribution in [1.82, 2.24) is 20.0 Å². The molecule has 3 atom stereocenters. The van der Waals surface area contributed by atoms with E-state index in [4.69, 9.17) is 5.73 Å². The average molecular weight is 690 g/mol. The van der Waals surface area contributed by atoms with Crippen molar-refractivity contribution in [3.63, 3.8) is 0 Å². The molecule has 4 rings (SSSR count). The molecular weight excluding hydrogens is 636 g/mol. The van der Waals surface area contributed by atoms with Crippen molar-refractivity contribution < 1.29 is 23.2 Å². The highest BCUT2D eigenvalue weighted by Crippen LogP contribution is 2.22. The molecule has 3 unspecified atom stereocenters. The zero-order valence-corrected chi connectivity index (χ0v) is 30.1. The number of fused-ring (bicyclic) bond motifs is 1. The lowest BCUT2D eigenvalue weighted by atomic mass is 9.90. The number of likely N-dealkylation sites (tertiary alicyclic amines) is 1. The van der Waals surface area contributed by atoms with Gasteiger partial charge in [0, 0.05) is 45.1 Å². The molecule has 3 aromatic carbocycles. The van der Waals surface area contributed by atoms with E-state index in [0.29, 0.717) is 24.6 Å². The van der Waals surface area contributed by atoms with Crippen LogP contribution in [0.3, 0.4) is 0 Å². The van der Waals surface area contributed by atoms with Crippen LogP contribution in [0.1, 0.15) is 63.5 Å². The minimum absolute atomic E-state index is 0.0402. The summed E-state index contributed by atoms with van der Waals surface area (Å²) in [6.45, 7) is 5.45. The minimum Gasteiger partial charge on any atom is -0.354 e. The Labute approximate surface area is 295 Å². The maximum atomic E-state index is 14.5. The molecule has 0 spiro atoms. The van der Waals surface area contributed by atoms with Gasteiger partial charge in [-0.05, 0) is 92.2 Å². The highest BCUT2D eigenvalue weighted by Gasteiger charge is 2.35. The van der Waals surface area contributed by atoms with E-state index >= 15 is 0 Å². The number of likely N-dealkylation sites (N-methyl/N-ethyl adjacent to an activating group) is 2. The van der Waals surface area contributed by atoms with Crippen LogP contribution in [0, 0.1) is 11.6 Å². The standard InChI is InChI=1S/C40H53F2N5O3/c1-6-40(43,7-2)21-10-15-37(48)46(4)36(27-28-16-18-30-12-8-9-13-31(30)24-28)39(50)47(5)35(26-29-17-19-33(41)34(42)25-29)38(49)44-22-20-32-14-11-23-45(32)3/h8-10,12-13,15-19,24-25,32,35-36H,6-7,11,14,20-23,26-27,43H2,1-5H3,(H,44,49)/b15-10+. The van der Waals surface area contributed by atoms with E-state index in [1.54, 1.807) is 13.1 Å². The summed E-state index contributed by atoms with van der Waals surface area (Å²) in [5, 5.41) is 5.04. The fourth-order valence-corrected chi connectivity index (χ4v) is 6.69. The third-order valence-corrected chi connectivity index (χ3v) is 10.5. The third kappa shape index (κ3) is 9.97. The van der Waals surface area contributed by atoms with Gasteiger partial charge in [0.1, 0.15) is 12.1 Å². The van der Waals surface area contributed by atoms with E-state index < -0.39 is 41.1 Å². The summed E-state index contributed by atoms with van der Waals surface area (Å²) < 4.78 is 28.1. The van der Waals surface area contributed by atoms with Crippen molar-refractivity contribution >= 4 is 28.5 Å². The molecule has 0 aliphatic carbocycles. The number of nitrogens with one attached hydrogen (secondary N) is 1. The zero-order valence-electron chi connectivity index (χ0n) is 30.1. The molecule has 1 aliphatic rings. The van der Waals surface area contributed by atoms with Gasteiger partial charge in [-0.3, -0.25) is 14.4 Å². The number of hydrogen-bond acceptors (Lipinski definition) is 5. The first-order valence-corrected chi connectivity index (χ1v) is 17.7. The molecule has 0 saturated carbocycles. The van der Waals surface area contributed by atoms with Crippen LogP contribution in [-0.4, -0.2) is 90.3 Å². The largest absolute Gasteiger partial charge is 0.354 e. The Morgan fingerprint density at radius 3 is 2.26 bits per heavy atom. The topological polar surface area (TPSA) is 99.0 Å². The van der Waals surface area contributed by atoms with Crippen LogP contribution in [0.25, 0.3) is 10.8 Å². The molecule has 50 heavy (non-hydrogen) atoms. The Hall–Kier alpha value is -4.15. The number of hydrogen-bond donors (Lipinski definition) is 2. The van der Waals surface area contributed by atoms with Crippen LogP contribution >= 0.6 is 0 Å². The SMILES string of the molecule is CCC(N)(CC)C/C=C/C(=O)N(C)C(Cc1ccc2ccccc2c1)C(=O)N(C)C(Cc1ccc(F)c(F)c1)C(=O)NCCC1CCCN1C. The van der Waals surface area contributed by atoms with E-state index in [1.807, 2.05) is 56.3 Å². The van der Waals surface area contributed by atoms with Crippen molar-refractivity contribution in [2.45, 2.75) is 88.9 Å². The number of carbonyl (C=O) groups excluding carboxylic acids is 3. The molecular formula is C40H53F2N5O3. The monoisotopic (exact) mass is 689 g/mol. The first kappa shape index (κ1) is 38.6. The van der Waals surface area contributed by atoms with Crippen LogP contribution in [0.15, 0.2) is 72.8 Å². The second kappa shape index (κ2) is 17.7. The second-order valence-corrected chi connectivity index (χ2v) is 13.8. The minimum atomic E-state index is -1.04. The summed E-state index contributed by atoms with van der Waals surface area (Å²) in [5.41, 5.74) is 7.24. The van der Waals surface area contributed by atoms with E-state index in [0.717, 1.165) is 67.1 Å². The van der Waals surface area contributed by atoms with Crippen LogP contribution in [0.2, 0.25) is 0 Å². The van der Waals surface area contributed by atoms with E-state index in [-0.39, 0.29) is 18.7 Å². The normalized spacial score (nSPS) is 16.4. The lowest BCUT2D eigenvalue weighted by molar-refractivity contribution is -0.146. The second-order valence-electron chi connectivity index (χ2n) is 13.8. The Morgan fingerprint density at radius 2 is 1.60 bits per heavy atom. The smallest absolute Gasteiger partial charge is 0.246 e. The van der Waals surface area contributed by atoms with Crippen LogP contribution in [-0.2, 0) is 27.2 Å².